The van der Waals surface area contributed by atoms with Gasteiger partial charge >= 0.3 is 6.09 Å². The number of hydrogen-bond donors (Lipinski definition) is 1. The molecular weight excluding hydrogens is 268 g/mol. The van der Waals surface area contributed by atoms with Gasteiger partial charge in [-0.2, -0.15) is 4.99 Å². The Morgan fingerprint density at radius 3 is 2.52 bits per heavy atom. The van der Waals surface area contributed by atoms with Crippen molar-refractivity contribution in [3.63, 3.8) is 0 Å². The fraction of sp³-hybridized carbons (Fsp3) is 0.500. The molecule has 0 bridgehead atoms. The molecular formula is C16H20N2O3. The monoisotopic (exact) mass is 288 g/mol. The molecule has 1 saturated carbocycles. The van der Waals surface area contributed by atoms with Crippen LogP contribution in [0.5, 0.6) is 0 Å². The number of amides is 1. The van der Waals surface area contributed by atoms with Crippen molar-refractivity contribution in [1.29, 1.82) is 0 Å². The van der Waals surface area contributed by atoms with Gasteiger partial charge in [0, 0.05) is 11.3 Å². The lowest BCUT2D eigenvalue weighted by Gasteiger charge is -2.38. The molecule has 112 valence electrons. The van der Waals surface area contributed by atoms with Gasteiger partial charge in [0.15, 0.2) is 0 Å². The number of hydrogen-bond acceptors (Lipinski definition) is 4. The Morgan fingerprint density at radius 2 is 2.00 bits per heavy atom. The number of anilines is 1. The van der Waals surface area contributed by atoms with Crippen LogP contribution in [0.4, 0.5) is 10.5 Å². The van der Waals surface area contributed by atoms with Gasteiger partial charge in [-0.25, -0.2) is 9.59 Å². The first kappa shape index (κ1) is 15.3. The minimum Gasteiger partial charge on any atom is -0.444 e. The van der Waals surface area contributed by atoms with Crippen LogP contribution in [-0.2, 0) is 15.1 Å². The van der Waals surface area contributed by atoms with Crippen LogP contribution >= 0.6 is 0 Å². The molecule has 5 nitrogen and oxygen atoms in total. The average Bonchev–Trinajstić information content (AvgIpc) is 2.32. The van der Waals surface area contributed by atoms with Crippen molar-refractivity contribution in [3.8, 4) is 0 Å². The van der Waals surface area contributed by atoms with Gasteiger partial charge in [-0.1, -0.05) is 18.2 Å². The normalized spacial score (nSPS) is 16.3. The van der Waals surface area contributed by atoms with E-state index in [1.54, 1.807) is 12.1 Å². The molecule has 1 aliphatic carbocycles. The number of carbonyl (C=O) groups is 1. The maximum Gasteiger partial charge on any atom is 0.412 e. The van der Waals surface area contributed by atoms with E-state index in [4.69, 9.17) is 4.74 Å². The van der Waals surface area contributed by atoms with Gasteiger partial charge in [-0.05, 0) is 46.1 Å². The molecule has 0 radical (unpaired) electrons. The van der Waals surface area contributed by atoms with Crippen molar-refractivity contribution in [1.82, 2.24) is 0 Å². The Balaban J connectivity index is 2.25. The third kappa shape index (κ3) is 3.50. The van der Waals surface area contributed by atoms with Gasteiger partial charge in [0.05, 0.1) is 0 Å². The quantitative estimate of drug-likeness (QED) is 0.680. The Hall–Kier alpha value is -2.13. The predicted octanol–water partition coefficient (Wildman–Crippen LogP) is 3.75. The van der Waals surface area contributed by atoms with Crippen molar-refractivity contribution >= 4 is 17.9 Å². The summed E-state index contributed by atoms with van der Waals surface area (Å²) >= 11 is 0. The molecule has 0 aliphatic heterocycles. The van der Waals surface area contributed by atoms with Gasteiger partial charge in [0.1, 0.15) is 11.1 Å². The summed E-state index contributed by atoms with van der Waals surface area (Å²) < 4.78 is 5.26. The second-order valence-corrected chi connectivity index (χ2v) is 6.26. The van der Waals surface area contributed by atoms with E-state index >= 15 is 0 Å². The van der Waals surface area contributed by atoms with Crippen LogP contribution in [0.3, 0.4) is 0 Å². The lowest BCUT2D eigenvalue weighted by atomic mass is 9.72. The van der Waals surface area contributed by atoms with Crippen LogP contribution in [0, 0.1) is 0 Å². The Morgan fingerprint density at radius 1 is 1.33 bits per heavy atom. The number of carbonyl (C=O) groups excluding carboxylic acids is 2. The molecule has 0 heterocycles. The van der Waals surface area contributed by atoms with Crippen LogP contribution in [0.2, 0.25) is 0 Å². The molecule has 1 N–H and O–H groups in total. The number of aliphatic imine (C=N–C) groups is 1. The lowest BCUT2D eigenvalue weighted by molar-refractivity contribution is 0.0635. The second-order valence-electron chi connectivity index (χ2n) is 6.26. The highest BCUT2D eigenvalue weighted by Gasteiger charge is 2.40. The summed E-state index contributed by atoms with van der Waals surface area (Å²) in [6.07, 6.45) is 3.72. The number of nitrogens with zero attached hydrogens (tertiary/aromatic N) is 1. The fourth-order valence-electron chi connectivity index (χ4n) is 2.45. The molecule has 2 rings (SSSR count). The third-order valence-corrected chi connectivity index (χ3v) is 3.50. The fourth-order valence-corrected chi connectivity index (χ4v) is 2.45. The molecule has 1 aliphatic rings. The van der Waals surface area contributed by atoms with Crippen LogP contribution < -0.4 is 5.32 Å². The van der Waals surface area contributed by atoms with E-state index in [-0.39, 0.29) is 0 Å². The number of ether oxygens (including phenoxy) is 1. The first-order valence-corrected chi connectivity index (χ1v) is 7.05. The van der Waals surface area contributed by atoms with Crippen molar-refractivity contribution in [2.75, 3.05) is 5.32 Å². The molecule has 0 unspecified atom stereocenters. The van der Waals surface area contributed by atoms with E-state index in [0.29, 0.717) is 5.69 Å². The summed E-state index contributed by atoms with van der Waals surface area (Å²) in [6, 6.07) is 7.37. The van der Waals surface area contributed by atoms with Gasteiger partial charge in [-0.3, -0.25) is 5.32 Å². The Bertz CT molecular complexity index is 579. The van der Waals surface area contributed by atoms with E-state index in [2.05, 4.69) is 10.3 Å². The molecule has 0 spiro atoms. The summed E-state index contributed by atoms with van der Waals surface area (Å²) in [6.45, 7) is 5.42. The van der Waals surface area contributed by atoms with Crippen LogP contribution in [0.15, 0.2) is 29.3 Å². The minimum absolute atomic E-state index is 0.514. The number of rotatable bonds is 3. The van der Waals surface area contributed by atoms with Crippen molar-refractivity contribution in [2.24, 2.45) is 4.99 Å². The number of benzene rings is 1. The minimum atomic E-state index is -0.561. The van der Waals surface area contributed by atoms with E-state index in [0.717, 1.165) is 24.8 Å². The molecule has 5 heteroatoms. The SMILES string of the molecule is CC(C)(C)OC(=O)Nc1ccccc1C1(N=C=O)CCC1. The third-order valence-electron chi connectivity index (χ3n) is 3.50. The zero-order chi connectivity index (χ0) is 15.5. The Kier molecular flexibility index (Phi) is 4.14. The topological polar surface area (TPSA) is 67.8 Å². The van der Waals surface area contributed by atoms with Gasteiger partial charge in [0.25, 0.3) is 0 Å². The molecule has 1 aromatic carbocycles. The van der Waals surface area contributed by atoms with E-state index in [9.17, 15) is 9.59 Å². The molecule has 0 atom stereocenters. The van der Waals surface area contributed by atoms with Gasteiger partial charge < -0.3 is 4.74 Å². The maximum atomic E-state index is 11.9. The van der Waals surface area contributed by atoms with Crippen molar-refractivity contribution in [2.45, 2.75) is 51.2 Å². The standard InChI is InChI=1S/C16H20N2O3/c1-15(2,3)21-14(20)18-13-8-5-4-7-12(13)16(17-11-19)9-6-10-16/h4-5,7-8H,6,9-10H2,1-3H3,(H,18,20). The predicted molar refractivity (Wildman–Crippen MR) is 79.9 cm³/mol. The number of isocyanates is 1. The number of nitrogens with one attached hydrogen (secondary N) is 1. The molecule has 1 amide bonds. The van der Waals surface area contributed by atoms with Crippen LogP contribution in [-0.4, -0.2) is 17.8 Å². The highest BCUT2D eigenvalue weighted by molar-refractivity contribution is 5.86. The highest BCUT2D eigenvalue weighted by Crippen LogP contribution is 2.47. The first-order chi connectivity index (χ1) is 9.86. The van der Waals surface area contributed by atoms with Gasteiger partial charge in [-0.15, -0.1) is 0 Å². The molecule has 21 heavy (non-hydrogen) atoms. The largest absolute Gasteiger partial charge is 0.444 e. The summed E-state index contributed by atoms with van der Waals surface area (Å²) in [4.78, 5) is 26.6. The zero-order valence-corrected chi connectivity index (χ0v) is 12.6. The molecule has 1 aromatic rings. The smallest absolute Gasteiger partial charge is 0.412 e. The molecule has 0 aromatic heterocycles. The lowest BCUT2D eigenvalue weighted by Crippen LogP contribution is -2.34. The van der Waals surface area contributed by atoms with E-state index in [1.807, 2.05) is 39.0 Å². The molecule has 1 fully saturated rings. The highest BCUT2D eigenvalue weighted by atomic mass is 16.6. The van der Waals surface area contributed by atoms with Crippen LogP contribution in [0.25, 0.3) is 0 Å². The zero-order valence-electron chi connectivity index (χ0n) is 12.6. The average molecular weight is 288 g/mol. The van der Waals surface area contributed by atoms with Crippen molar-refractivity contribution < 1.29 is 14.3 Å². The van der Waals surface area contributed by atoms with E-state index in [1.165, 1.54) is 0 Å². The number of para-hydroxylation sites is 1. The molecule has 0 saturated heterocycles. The summed E-state index contributed by atoms with van der Waals surface area (Å²) in [5.74, 6) is 0. The second kappa shape index (κ2) is 5.70. The maximum absolute atomic E-state index is 11.9. The van der Waals surface area contributed by atoms with Crippen LogP contribution in [0.1, 0.15) is 45.6 Å². The summed E-state index contributed by atoms with van der Waals surface area (Å²) in [5, 5.41) is 2.75. The summed E-state index contributed by atoms with van der Waals surface area (Å²) in [7, 11) is 0. The van der Waals surface area contributed by atoms with Crippen molar-refractivity contribution in [3.05, 3.63) is 29.8 Å². The Labute approximate surface area is 124 Å². The first-order valence-electron chi connectivity index (χ1n) is 7.05. The van der Waals surface area contributed by atoms with Gasteiger partial charge in [0.2, 0.25) is 6.08 Å². The summed E-state index contributed by atoms with van der Waals surface area (Å²) in [5.41, 5.74) is 0.359. The van der Waals surface area contributed by atoms with E-state index < -0.39 is 17.2 Å².